The molecule has 1 aliphatic heterocycles. The number of aliphatic hydroxyl groups is 1. The van der Waals surface area contributed by atoms with Gasteiger partial charge in [-0.3, -0.25) is 9.59 Å². The number of hydrogen-bond donors (Lipinski definition) is 1. The van der Waals surface area contributed by atoms with Crippen molar-refractivity contribution in [3.8, 4) is 0 Å². The molecule has 5 rings (SSSR count). The number of nitrogens with zero attached hydrogens (tertiary/aromatic N) is 1. The van der Waals surface area contributed by atoms with Gasteiger partial charge in [-0.1, -0.05) is 13.8 Å². The van der Waals surface area contributed by atoms with Crippen molar-refractivity contribution in [2.45, 2.75) is 70.4 Å². The van der Waals surface area contributed by atoms with Crippen LogP contribution in [0.25, 0.3) is 0 Å². The molecule has 164 valence electrons. The van der Waals surface area contributed by atoms with Crippen molar-refractivity contribution < 1.29 is 27.9 Å². The van der Waals surface area contributed by atoms with Crippen molar-refractivity contribution in [3.05, 3.63) is 0 Å². The first kappa shape index (κ1) is 21.1. The van der Waals surface area contributed by atoms with Gasteiger partial charge >= 0.3 is 5.97 Å². The molecular formula is C21H33NO6S. The molecule has 0 aromatic heterocycles. The van der Waals surface area contributed by atoms with E-state index >= 15 is 0 Å². The van der Waals surface area contributed by atoms with Gasteiger partial charge in [0.15, 0.2) is 16.4 Å². The molecule has 29 heavy (non-hydrogen) atoms. The summed E-state index contributed by atoms with van der Waals surface area (Å²) in [4.78, 5) is 27.5. The molecule has 7 nitrogen and oxygen atoms in total. The molecule has 4 bridgehead atoms. The van der Waals surface area contributed by atoms with Gasteiger partial charge in [-0.2, -0.15) is 0 Å². The number of hydrogen-bond acceptors (Lipinski definition) is 6. The standard InChI is InChI=1S/C21H33NO6S/c1-14(2)10-22(17-3-4-29(26,27)12-17)18(23)11-28-19(24)20-6-15-5-16(7-20)9-21(25,8-15)13-20/h14-17,25H,3-13H2,1-2H3/t15-,16+,17-,20?,21?/m0/s1. The first-order valence-corrected chi connectivity index (χ1v) is 12.7. The van der Waals surface area contributed by atoms with Crippen LogP contribution < -0.4 is 0 Å². The summed E-state index contributed by atoms with van der Waals surface area (Å²) in [5.74, 6) is 0.329. The van der Waals surface area contributed by atoms with Crippen LogP contribution in [0.5, 0.6) is 0 Å². The highest BCUT2D eigenvalue weighted by Gasteiger charge is 2.61. The van der Waals surface area contributed by atoms with Crippen LogP contribution in [0.2, 0.25) is 0 Å². The largest absolute Gasteiger partial charge is 0.455 e. The second-order valence-corrected chi connectivity index (χ2v) is 12.8. The van der Waals surface area contributed by atoms with E-state index in [1.54, 1.807) is 4.90 Å². The highest BCUT2D eigenvalue weighted by Crippen LogP contribution is 2.61. The van der Waals surface area contributed by atoms with E-state index in [-0.39, 0.29) is 41.9 Å². The Labute approximate surface area is 173 Å². The summed E-state index contributed by atoms with van der Waals surface area (Å²) in [5.41, 5.74) is -1.41. The van der Waals surface area contributed by atoms with Gasteiger partial charge in [-0.05, 0) is 62.7 Å². The molecule has 4 aliphatic carbocycles. The Balaban J connectivity index is 1.41. The first-order valence-electron chi connectivity index (χ1n) is 10.9. The third-order valence-corrected chi connectivity index (χ3v) is 9.07. The maximum absolute atomic E-state index is 13.0. The topological polar surface area (TPSA) is 101 Å². The van der Waals surface area contributed by atoms with E-state index in [9.17, 15) is 23.1 Å². The Morgan fingerprint density at radius 3 is 2.34 bits per heavy atom. The van der Waals surface area contributed by atoms with Crippen molar-refractivity contribution in [2.75, 3.05) is 24.7 Å². The van der Waals surface area contributed by atoms with E-state index in [2.05, 4.69) is 0 Å². The van der Waals surface area contributed by atoms with Gasteiger partial charge in [0.05, 0.1) is 22.5 Å². The Morgan fingerprint density at radius 2 is 1.83 bits per heavy atom. The van der Waals surface area contributed by atoms with E-state index in [1.165, 1.54) is 0 Å². The highest BCUT2D eigenvalue weighted by molar-refractivity contribution is 7.91. The molecule has 1 amide bonds. The molecule has 0 spiro atoms. The molecule has 5 fully saturated rings. The van der Waals surface area contributed by atoms with Crippen LogP contribution in [-0.2, 0) is 24.2 Å². The van der Waals surface area contributed by atoms with Gasteiger partial charge in [0.2, 0.25) is 0 Å². The number of sulfone groups is 1. The molecule has 1 saturated heterocycles. The summed E-state index contributed by atoms with van der Waals surface area (Å²) >= 11 is 0. The zero-order valence-electron chi connectivity index (χ0n) is 17.4. The van der Waals surface area contributed by atoms with E-state index in [4.69, 9.17) is 4.74 Å². The number of carbonyl (C=O) groups is 2. The van der Waals surface area contributed by atoms with E-state index in [0.717, 1.165) is 32.1 Å². The summed E-state index contributed by atoms with van der Waals surface area (Å²) in [6, 6.07) is -0.339. The predicted molar refractivity (Wildman–Crippen MR) is 107 cm³/mol. The lowest BCUT2D eigenvalue weighted by molar-refractivity contribution is -0.197. The first-order chi connectivity index (χ1) is 13.5. The maximum atomic E-state index is 13.0. The summed E-state index contributed by atoms with van der Waals surface area (Å²) < 4.78 is 29.2. The summed E-state index contributed by atoms with van der Waals surface area (Å²) in [6.07, 6.45) is 5.00. The molecule has 0 radical (unpaired) electrons. The molecule has 2 unspecified atom stereocenters. The van der Waals surface area contributed by atoms with Crippen molar-refractivity contribution in [3.63, 3.8) is 0 Å². The Morgan fingerprint density at radius 1 is 1.17 bits per heavy atom. The fraction of sp³-hybridized carbons (Fsp3) is 0.905. The quantitative estimate of drug-likeness (QED) is 0.645. The Kier molecular flexibility index (Phi) is 5.25. The minimum Gasteiger partial charge on any atom is -0.455 e. The van der Waals surface area contributed by atoms with Crippen LogP contribution in [0.4, 0.5) is 0 Å². The third kappa shape index (κ3) is 4.20. The van der Waals surface area contributed by atoms with Gasteiger partial charge in [-0.25, -0.2) is 8.42 Å². The second kappa shape index (κ2) is 7.22. The van der Waals surface area contributed by atoms with Crippen LogP contribution >= 0.6 is 0 Å². The molecule has 0 aromatic rings. The van der Waals surface area contributed by atoms with E-state index in [1.807, 2.05) is 13.8 Å². The molecule has 8 heteroatoms. The normalized spacial score (nSPS) is 39.7. The number of carbonyl (C=O) groups excluding carboxylic acids is 2. The van der Waals surface area contributed by atoms with Crippen molar-refractivity contribution >= 4 is 21.7 Å². The average molecular weight is 428 g/mol. The van der Waals surface area contributed by atoms with Gasteiger partial charge in [0, 0.05) is 12.6 Å². The molecule has 5 aliphatic rings. The molecule has 4 saturated carbocycles. The molecule has 5 atom stereocenters. The van der Waals surface area contributed by atoms with Crippen LogP contribution in [0.1, 0.15) is 58.8 Å². The predicted octanol–water partition coefficient (Wildman–Crippen LogP) is 1.53. The molecule has 0 aromatic carbocycles. The zero-order chi connectivity index (χ0) is 21.0. The number of amides is 1. The number of rotatable bonds is 6. The monoisotopic (exact) mass is 427 g/mol. The van der Waals surface area contributed by atoms with Crippen molar-refractivity contribution in [2.24, 2.45) is 23.2 Å². The minimum atomic E-state index is -3.11. The fourth-order valence-electron chi connectivity index (χ4n) is 6.69. The average Bonchev–Trinajstić information content (AvgIpc) is 2.94. The molecular weight excluding hydrogens is 394 g/mol. The summed E-state index contributed by atoms with van der Waals surface area (Å²) in [6.45, 7) is 4.06. The van der Waals surface area contributed by atoms with Crippen LogP contribution in [0.15, 0.2) is 0 Å². The molecule has 1 heterocycles. The smallest absolute Gasteiger partial charge is 0.312 e. The minimum absolute atomic E-state index is 0.0142. The van der Waals surface area contributed by atoms with E-state index in [0.29, 0.717) is 31.2 Å². The van der Waals surface area contributed by atoms with Gasteiger partial charge < -0.3 is 14.7 Å². The number of ether oxygens (including phenoxy) is 1. The lowest BCUT2D eigenvalue weighted by Crippen LogP contribution is -2.58. The SMILES string of the molecule is CC(C)CN(C(=O)COC(=O)C12C[C@@H]3C[C@@H](CC(O)(C3)C1)C2)[C@H]1CCS(=O)(=O)C1. The Hall–Kier alpha value is -1.15. The lowest BCUT2D eigenvalue weighted by Gasteiger charge is -2.58. The van der Waals surface area contributed by atoms with Crippen LogP contribution in [0, 0.1) is 23.2 Å². The second-order valence-electron chi connectivity index (χ2n) is 10.5. The van der Waals surface area contributed by atoms with E-state index < -0.39 is 20.9 Å². The molecule has 1 N–H and O–H groups in total. The van der Waals surface area contributed by atoms with Crippen LogP contribution in [-0.4, -0.2) is 66.6 Å². The van der Waals surface area contributed by atoms with Gasteiger partial charge in [0.25, 0.3) is 5.91 Å². The summed E-state index contributed by atoms with van der Waals surface area (Å²) in [5, 5.41) is 10.8. The zero-order valence-corrected chi connectivity index (χ0v) is 18.2. The van der Waals surface area contributed by atoms with Gasteiger partial charge in [0.1, 0.15) is 0 Å². The fourth-order valence-corrected chi connectivity index (χ4v) is 8.42. The highest BCUT2D eigenvalue weighted by atomic mass is 32.2. The maximum Gasteiger partial charge on any atom is 0.312 e. The van der Waals surface area contributed by atoms with Crippen LogP contribution in [0.3, 0.4) is 0 Å². The summed E-state index contributed by atoms with van der Waals surface area (Å²) in [7, 11) is -3.11. The van der Waals surface area contributed by atoms with Crippen molar-refractivity contribution in [1.82, 2.24) is 4.90 Å². The number of esters is 1. The van der Waals surface area contributed by atoms with Gasteiger partial charge in [-0.15, -0.1) is 0 Å². The van der Waals surface area contributed by atoms with Crippen molar-refractivity contribution in [1.29, 1.82) is 0 Å². The third-order valence-electron chi connectivity index (χ3n) is 7.32. The Bertz CT molecular complexity index is 777. The lowest BCUT2D eigenvalue weighted by atomic mass is 9.48.